The summed E-state index contributed by atoms with van der Waals surface area (Å²) in [5.74, 6) is 0. The highest BCUT2D eigenvalue weighted by Gasteiger charge is 2.09. The van der Waals surface area contributed by atoms with Crippen LogP contribution in [0.1, 0.15) is 41.0 Å². The summed E-state index contributed by atoms with van der Waals surface area (Å²) in [7, 11) is 0. The quantitative estimate of drug-likeness (QED) is 0.428. The van der Waals surface area contributed by atoms with Gasteiger partial charge in [-0.1, -0.05) is 30.4 Å². The normalized spacial score (nSPS) is 11.6. The molecule has 0 saturated heterocycles. The SMILES string of the molecule is C=CCC(=C)C(C(=C)C)=C(C)C(C)=C(C)C. The number of rotatable bonds is 5. The molecular weight excluding hydrogens is 192 g/mol. The van der Waals surface area contributed by atoms with Gasteiger partial charge < -0.3 is 0 Å². The molecule has 0 rings (SSSR count). The van der Waals surface area contributed by atoms with Gasteiger partial charge in [0.15, 0.2) is 0 Å². The van der Waals surface area contributed by atoms with E-state index < -0.39 is 0 Å². The van der Waals surface area contributed by atoms with E-state index in [0.29, 0.717) is 0 Å². The summed E-state index contributed by atoms with van der Waals surface area (Å²) in [5, 5.41) is 0. The lowest BCUT2D eigenvalue weighted by molar-refractivity contribution is 1.14. The van der Waals surface area contributed by atoms with Crippen LogP contribution >= 0.6 is 0 Å². The molecule has 0 atom stereocenters. The monoisotopic (exact) mass is 216 g/mol. The van der Waals surface area contributed by atoms with Crippen LogP contribution in [-0.2, 0) is 0 Å². The first-order chi connectivity index (χ1) is 7.32. The highest BCUT2D eigenvalue weighted by molar-refractivity contribution is 5.52. The molecule has 0 fully saturated rings. The molecule has 0 nitrogen and oxygen atoms in total. The van der Waals surface area contributed by atoms with E-state index in [1.54, 1.807) is 0 Å². The van der Waals surface area contributed by atoms with Crippen LogP contribution in [0.15, 0.2) is 59.3 Å². The van der Waals surface area contributed by atoms with Crippen LogP contribution in [0.2, 0.25) is 0 Å². The third-order valence-electron chi connectivity index (χ3n) is 2.86. The average Bonchev–Trinajstić information content (AvgIpc) is 2.16. The van der Waals surface area contributed by atoms with Crippen LogP contribution in [0.3, 0.4) is 0 Å². The molecule has 0 spiro atoms. The van der Waals surface area contributed by atoms with Gasteiger partial charge in [-0.15, -0.1) is 6.58 Å². The zero-order valence-corrected chi connectivity index (χ0v) is 11.4. The third kappa shape index (κ3) is 3.69. The van der Waals surface area contributed by atoms with E-state index in [2.05, 4.69) is 47.4 Å². The maximum Gasteiger partial charge on any atom is -0.00999 e. The molecule has 0 heterocycles. The molecular formula is C16H24. The molecule has 16 heavy (non-hydrogen) atoms. The molecule has 0 N–H and O–H groups in total. The van der Waals surface area contributed by atoms with Crippen molar-refractivity contribution in [1.29, 1.82) is 0 Å². The van der Waals surface area contributed by atoms with Gasteiger partial charge in [0, 0.05) is 0 Å². The Balaban J connectivity index is 5.59. The van der Waals surface area contributed by atoms with Crippen molar-refractivity contribution < 1.29 is 0 Å². The van der Waals surface area contributed by atoms with Crippen molar-refractivity contribution in [3.63, 3.8) is 0 Å². The Morgan fingerprint density at radius 2 is 1.44 bits per heavy atom. The van der Waals surface area contributed by atoms with Gasteiger partial charge in [-0.3, -0.25) is 0 Å². The minimum absolute atomic E-state index is 0.815. The Kier molecular flexibility index (Phi) is 5.81. The first kappa shape index (κ1) is 14.7. The maximum atomic E-state index is 4.12. The first-order valence-electron chi connectivity index (χ1n) is 5.63. The van der Waals surface area contributed by atoms with Crippen molar-refractivity contribution in [2.45, 2.75) is 41.0 Å². The van der Waals surface area contributed by atoms with E-state index in [4.69, 9.17) is 0 Å². The molecule has 0 bridgehead atoms. The van der Waals surface area contributed by atoms with Crippen LogP contribution in [0.4, 0.5) is 0 Å². The lowest BCUT2D eigenvalue weighted by Crippen LogP contribution is -1.96. The van der Waals surface area contributed by atoms with Crippen LogP contribution in [0.5, 0.6) is 0 Å². The summed E-state index contributed by atoms with van der Waals surface area (Å²) in [6, 6.07) is 0. The minimum atomic E-state index is 0.815. The zero-order valence-electron chi connectivity index (χ0n) is 11.4. The highest BCUT2D eigenvalue weighted by Crippen LogP contribution is 2.28. The van der Waals surface area contributed by atoms with Crippen molar-refractivity contribution in [2.24, 2.45) is 0 Å². The van der Waals surface area contributed by atoms with Gasteiger partial charge in [0.25, 0.3) is 0 Å². The van der Waals surface area contributed by atoms with Gasteiger partial charge in [-0.25, -0.2) is 0 Å². The van der Waals surface area contributed by atoms with Crippen molar-refractivity contribution in [1.82, 2.24) is 0 Å². The number of hydrogen-bond acceptors (Lipinski definition) is 0. The molecule has 0 unspecified atom stereocenters. The predicted octanol–water partition coefficient (Wildman–Crippen LogP) is 5.37. The molecule has 0 aromatic rings. The Hall–Kier alpha value is -1.30. The van der Waals surface area contributed by atoms with Gasteiger partial charge in [0.05, 0.1) is 0 Å². The fourth-order valence-corrected chi connectivity index (χ4v) is 1.73. The van der Waals surface area contributed by atoms with Crippen molar-refractivity contribution >= 4 is 0 Å². The second-order valence-electron chi connectivity index (χ2n) is 4.50. The molecule has 0 aliphatic carbocycles. The van der Waals surface area contributed by atoms with E-state index in [1.165, 1.54) is 22.3 Å². The molecule has 88 valence electrons. The number of allylic oxidation sites excluding steroid dienone is 7. The van der Waals surface area contributed by atoms with Gasteiger partial charge in [0.1, 0.15) is 0 Å². The molecule has 0 aliphatic rings. The second kappa shape index (κ2) is 6.32. The lowest BCUT2D eigenvalue weighted by atomic mass is 9.90. The third-order valence-corrected chi connectivity index (χ3v) is 2.86. The first-order valence-corrected chi connectivity index (χ1v) is 5.63. The van der Waals surface area contributed by atoms with E-state index in [9.17, 15) is 0 Å². The van der Waals surface area contributed by atoms with Crippen molar-refractivity contribution in [3.8, 4) is 0 Å². The maximum absolute atomic E-state index is 4.12. The van der Waals surface area contributed by atoms with Crippen LogP contribution in [0, 0.1) is 0 Å². The minimum Gasteiger partial charge on any atom is -0.103 e. The lowest BCUT2D eigenvalue weighted by Gasteiger charge is -2.16. The standard InChI is InChI=1S/C16H24/c1-9-10-13(6)16(12(4)5)15(8)14(7)11(2)3/h9H,1,4,6,10H2,2-3,5,7-8H3. The van der Waals surface area contributed by atoms with Gasteiger partial charge in [-0.05, 0) is 63.3 Å². The van der Waals surface area contributed by atoms with Crippen LogP contribution in [-0.4, -0.2) is 0 Å². The Morgan fingerprint density at radius 1 is 0.938 bits per heavy atom. The molecule has 0 radical (unpaired) electrons. The van der Waals surface area contributed by atoms with Gasteiger partial charge in [-0.2, -0.15) is 0 Å². The molecule has 0 aromatic carbocycles. The zero-order chi connectivity index (χ0) is 12.9. The summed E-state index contributed by atoms with van der Waals surface area (Å²) in [6.07, 6.45) is 2.70. The highest BCUT2D eigenvalue weighted by atomic mass is 14.1. The predicted molar refractivity (Wildman–Crippen MR) is 75.5 cm³/mol. The van der Waals surface area contributed by atoms with Gasteiger partial charge >= 0.3 is 0 Å². The average molecular weight is 216 g/mol. The molecule has 0 amide bonds. The van der Waals surface area contributed by atoms with E-state index in [-0.39, 0.29) is 0 Å². The Bertz CT molecular complexity index is 369. The van der Waals surface area contributed by atoms with E-state index >= 15 is 0 Å². The van der Waals surface area contributed by atoms with E-state index in [1.807, 2.05) is 13.0 Å². The van der Waals surface area contributed by atoms with Crippen molar-refractivity contribution in [2.75, 3.05) is 0 Å². The van der Waals surface area contributed by atoms with Crippen molar-refractivity contribution in [3.05, 3.63) is 59.3 Å². The Morgan fingerprint density at radius 3 is 1.75 bits per heavy atom. The molecule has 0 saturated carbocycles. The van der Waals surface area contributed by atoms with Crippen LogP contribution in [0.25, 0.3) is 0 Å². The molecule has 0 aliphatic heterocycles. The summed E-state index contributed by atoms with van der Waals surface area (Å²) in [6.45, 7) is 22.5. The fraction of sp³-hybridized carbons (Fsp3) is 0.375. The largest absolute Gasteiger partial charge is 0.103 e. The number of hydrogen-bond donors (Lipinski definition) is 0. The smallest absolute Gasteiger partial charge is 0.00999 e. The summed E-state index contributed by atoms with van der Waals surface area (Å²) >= 11 is 0. The topological polar surface area (TPSA) is 0 Å². The molecule has 0 heteroatoms. The Labute approximate surface area is 101 Å². The van der Waals surface area contributed by atoms with Crippen LogP contribution < -0.4 is 0 Å². The molecule has 0 aromatic heterocycles. The fourth-order valence-electron chi connectivity index (χ4n) is 1.73. The summed E-state index contributed by atoms with van der Waals surface area (Å²) in [5.41, 5.74) is 7.30. The summed E-state index contributed by atoms with van der Waals surface area (Å²) in [4.78, 5) is 0. The van der Waals surface area contributed by atoms with E-state index in [0.717, 1.165) is 17.6 Å². The van der Waals surface area contributed by atoms with Gasteiger partial charge in [0.2, 0.25) is 0 Å². The summed E-state index contributed by atoms with van der Waals surface area (Å²) < 4.78 is 0. The second-order valence-corrected chi connectivity index (χ2v) is 4.50.